The van der Waals surface area contributed by atoms with Crippen molar-refractivity contribution in [2.45, 2.75) is 38.6 Å². The Morgan fingerprint density at radius 1 is 1.11 bits per heavy atom. The van der Waals surface area contributed by atoms with Crippen LogP contribution in [0.5, 0.6) is 5.75 Å². The number of carbonyl (C=O) groups excluding carboxylic acids is 1. The van der Waals surface area contributed by atoms with Crippen LogP contribution in [0.15, 0.2) is 53.6 Å². The number of nitrogens with one attached hydrogen (secondary N) is 1. The molecule has 2 aromatic carbocycles. The molecule has 5 heteroatoms. The monoisotopic (exact) mass is 361 g/mol. The first-order valence-electron chi connectivity index (χ1n) is 9.42. The Hall–Kier alpha value is -3.08. The second kappa shape index (κ2) is 7.66. The van der Waals surface area contributed by atoms with Gasteiger partial charge in [-0.15, -0.1) is 0 Å². The Morgan fingerprint density at radius 2 is 1.89 bits per heavy atom. The van der Waals surface area contributed by atoms with E-state index < -0.39 is 0 Å². The number of aromatic nitrogens is 1. The molecule has 4 rings (SSSR count). The molecular formula is C22H23N3O2. The number of amides is 1. The van der Waals surface area contributed by atoms with E-state index in [-0.39, 0.29) is 11.7 Å². The number of phenolic OH excluding ortho intramolecular Hbond substituents is 1. The molecule has 1 aliphatic rings. The minimum absolute atomic E-state index is 0.104. The Balaban J connectivity index is 1.43. The molecule has 2 N–H and O–H groups in total. The fourth-order valence-corrected chi connectivity index (χ4v) is 3.85. The summed E-state index contributed by atoms with van der Waals surface area (Å²) in [6, 6.07) is 15.1. The highest BCUT2D eigenvalue weighted by molar-refractivity contribution is 5.86. The molecule has 3 aromatic rings. The van der Waals surface area contributed by atoms with Crippen molar-refractivity contribution < 1.29 is 9.90 Å². The molecule has 0 radical (unpaired) electrons. The molecule has 1 aromatic heterocycles. The number of hydrogen-bond donors (Lipinski definition) is 2. The highest BCUT2D eigenvalue weighted by Gasteiger charge is 2.19. The molecule has 0 aliphatic heterocycles. The quantitative estimate of drug-likeness (QED) is 0.537. The van der Waals surface area contributed by atoms with E-state index in [1.165, 1.54) is 35.0 Å². The van der Waals surface area contributed by atoms with E-state index in [4.69, 9.17) is 0 Å². The molecule has 0 spiro atoms. The Morgan fingerprint density at radius 3 is 2.74 bits per heavy atom. The maximum Gasteiger partial charge on any atom is 0.241 e. The SMILES string of the molecule is O=C(CCn1c2c(c3ccccc31)CCCC2)N/N=C\c1ccc(O)cc1. The number of hydrazone groups is 1. The van der Waals surface area contributed by atoms with Gasteiger partial charge in [0.25, 0.3) is 0 Å². The molecule has 1 amide bonds. The van der Waals surface area contributed by atoms with E-state index in [9.17, 15) is 9.90 Å². The van der Waals surface area contributed by atoms with Crippen LogP contribution in [0.25, 0.3) is 10.9 Å². The summed E-state index contributed by atoms with van der Waals surface area (Å²) in [6.45, 7) is 0.663. The largest absolute Gasteiger partial charge is 0.508 e. The van der Waals surface area contributed by atoms with Gasteiger partial charge < -0.3 is 9.67 Å². The molecule has 0 bridgehead atoms. The van der Waals surface area contributed by atoms with Gasteiger partial charge in [-0.05, 0) is 67.1 Å². The fraction of sp³-hybridized carbons (Fsp3) is 0.273. The summed E-state index contributed by atoms with van der Waals surface area (Å²) in [7, 11) is 0. The lowest BCUT2D eigenvalue weighted by Crippen LogP contribution is -2.20. The van der Waals surface area contributed by atoms with Crippen LogP contribution in [0, 0.1) is 0 Å². The van der Waals surface area contributed by atoms with Crippen molar-refractivity contribution in [2.24, 2.45) is 5.10 Å². The average molecular weight is 361 g/mol. The smallest absolute Gasteiger partial charge is 0.241 e. The first kappa shape index (κ1) is 17.3. The molecule has 0 unspecified atom stereocenters. The molecule has 0 fully saturated rings. The molecule has 5 nitrogen and oxygen atoms in total. The average Bonchev–Trinajstić information content (AvgIpc) is 3.02. The van der Waals surface area contributed by atoms with Crippen LogP contribution in [0.4, 0.5) is 0 Å². The summed E-state index contributed by atoms with van der Waals surface area (Å²) in [4.78, 5) is 12.2. The van der Waals surface area contributed by atoms with Gasteiger partial charge in [-0.3, -0.25) is 4.79 Å². The van der Waals surface area contributed by atoms with Crippen LogP contribution in [0.2, 0.25) is 0 Å². The van der Waals surface area contributed by atoms with Crippen molar-refractivity contribution in [3.63, 3.8) is 0 Å². The lowest BCUT2D eigenvalue weighted by Gasteiger charge is -2.15. The number of phenols is 1. The molecule has 1 aliphatic carbocycles. The number of fused-ring (bicyclic) bond motifs is 3. The van der Waals surface area contributed by atoms with Crippen molar-refractivity contribution in [2.75, 3.05) is 0 Å². The molecule has 0 saturated carbocycles. The minimum Gasteiger partial charge on any atom is -0.508 e. The summed E-state index contributed by atoms with van der Waals surface area (Å²) in [6.07, 6.45) is 6.64. The maximum absolute atomic E-state index is 12.2. The van der Waals surface area contributed by atoms with Gasteiger partial charge in [0.05, 0.1) is 6.21 Å². The van der Waals surface area contributed by atoms with E-state index in [1.54, 1.807) is 30.5 Å². The number of rotatable bonds is 5. The van der Waals surface area contributed by atoms with Gasteiger partial charge in [0.1, 0.15) is 5.75 Å². The predicted molar refractivity (Wildman–Crippen MR) is 107 cm³/mol. The number of hydrogen-bond acceptors (Lipinski definition) is 3. The first-order chi connectivity index (χ1) is 13.2. The Labute approximate surface area is 158 Å². The topological polar surface area (TPSA) is 66.6 Å². The van der Waals surface area contributed by atoms with E-state index in [1.807, 2.05) is 0 Å². The second-order valence-electron chi connectivity index (χ2n) is 6.94. The van der Waals surface area contributed by atoms with E-state index in [0.29, 0.717) is 13.0 Å². The van der Waals surface area contributed by atoms with Gasteiger partial charge in [-0.25, -0.2) is 5.43 Å². The molecule has 0 atom stereocenters. The van der Waals surface area contributed by atoms with E-state index in [0.717, 1.165) is 18.4 Å². The van der Waals surface area contributed by atoms with Crippen molar-refractivity contribution in [3.05, 3.63) is 65.4 Å². The van der Waals surface area contributed by atoms with Gasteiger partial charge in [0.2, 0.25) is 5.91 Å². The summed E-state index contributed by atoms with van der Waals surface area (Å²) < 4.78 is 2.31. The predicted octanol–water partition coefficient (Wildman–Crippen LogP) is 3.77. The van der Waals surface area contributed by atoms with Gasteiger partial charge >= 0.3 is 0 Å². The molecule has 0 saturated heterocycles. The third-order valence-corrected chi connectivity index (χ3v) is 5.14. The maximum atomic E-state index is 12.2. The molecule has 138 valence electrons. The van der Waals surface area contributed by atoms with Gasteiger partial charge in [-0.1, -0.05) is 18.2 Å². The van der Waals surface area contributed by atoms with Crippen molar-refractivity contribution in [1.29, 1.82) is 0 Å². The van der Waals surface area contributed by atoms with Gasteiger partial charge in [-0.2, -0.15) is 5.10 Å². The highest BCUT2D eigenvalue weighted by atomic mass is 16.3. The number of para-hydroxylation sites is 1. The van der Waals surface area contributed by atoms with Crippen LogP contribution >= 0.6 is 0 Å². The minimum atomic E-state index is -0.104. The van der Waals surface area contributed by atoms with Crippen LogP contribution in [0.1, 0.15) is 36.1 Å². The van der Waals surface area contributed by atoms with Crippen LogP contribution < -0.4 is 5.43 Å². The normalized spacial score (nSPS) is 13.8. The molecule has 27 heavy (non-hydrogen) atoms. The molecule has 1 heterocycles. The number of aromatic hydroxyl groups is 1. The zero-order valence-electron chi connectivity index (χ0n) is 15.2. The number of aryl methyl sites for hydroxylation is 2. The summed E-state index contributed by atoms with van der Waals surface area (Å²) in [5.41, 5.74) is 7.49. The third kappa shape index (κ3) is 3.72. The van der Waals surface area contributed by atoms with Crippen molar-refractivity contribution in [3.8, 4) is 5.75 Å². The fourth-order valence-electron chi connectivity index (χ4n) is 3.85. The van der Waals surface area contributed by atoms with E-state index >= 15 is 0 Å². The lowest BCUT2D eigenvalue weighted by molar-refractivity contribution is -0.121. The van der Waals surface area contributed by atoms with Gasteiger partial charge in [0, 0.05) is 29.6 Å². The Bertz CT molecular complexity index is 987. The summed E-state index contributed by atoms with van der Waals surface area (Å²) >= 11 is 0. The number of benzene rings is 2. The molecular weight excluding hydrogens is 338 g/mol. The van der Waals surface area contributed by atoms with Crippen molar-refractivity contribution in [1.82, 2.24) is 9.99 Å². The Kier molecular flexibility index (Phi) is 4.92. The zero-order valence-corrected chi connectivity index (χ0v) is 15.2. The van der Waals surface area contributed by atoms with E-state index in [2.05, 4.69) is 39.4 Å². The number of nitrogens with zero attached hydrogens (tertiary/aromatic N) is 2. The number of carbonyl (C=O) groups is 1. The second-order valence-corrected chi connectivity index (χ2v) is 6.94. The first-order valence-corrected chi connectivity index (χ1v) is 9.42. The van der Waals surface area contributed by atoms with Crippen LogP contribution in [-0.2, 0) is 24.2 Å². The van der Waals surface area contributed by atoms with Gasteiger partial charge in [0.15, 0.2) is 0 Å². The highest BCUT2D eigenvalue weighted by Crippen LogP contribution is 2.32. The third-order valence-electron chi connectivity index (χ3n) is 5.14. The standard InChI is InChI=1S/C22H23N3O2/c26-17-11-9-16(10-12-17)15-23-24-22(27)13-14-25-20-7-3-1-5-18(20)19-6-2-4-8-21(19)25/h1,3,5,7,9-12,15,26H,2,4,6,8,13-14H2,(H,24,27)/b23-15-. The van der Waals surface area contributed by atoms with Crippen LogP contribution in [0.3, 0.4) is 0 Å². The van der Waals surface area contributed by atoms with Crippen LogP contribution in [-0.4, -0.2) is 21.8 Å². The lowest BCUT2D eigenvalue weighted by atomic mass is 9.95. The zero-order chi connectivity index (χ0) is 18.6. The summed E-state index contributed by atoms with van der Waals surface area (Å²) in [5.74, 6) is 0.103. The summed E-state index contributed by atoms with van der Waals surface area (Å²) in [5, 5.41) is 14.6. The van der Waals surface area contributed by atoms with Crippen molar-refractivity contribution >= 4 is 23.0 Å².